The third-order valence-electron chi connectivity index (χ3n) is 9.18. The van der Waals surface area contributed by atoms with Crippen molar-refractivity contribution >= 4 is 28.8 Å². The molecule has 0 saturated carbocycles. The van der Waals surface area contributed by atoms with E-state index in [1.807, 2.05) is 32.1 Å². The highest BCUT2D eigenvalue weighted by molar-refractivity contribution is 6.07. The number of piperazine rings is 1. The highest BCUT2D eigenvalue weighted by atomic mass is 16.5. The van der Waals surface area contributed by atoms with Gasteiger partial charge in [0, 0.05) is 40.1 Å². The number of piperidine rings is 2. The Kier molecular flexibility index (Phi) is 3.25. The number of aromatic amines is 1. The molecule has 2 amide bonds. The Bertz CT molecular complexity index is 1320. The Morgan fingerprint density at radius 2 is 1.97 bits per heavy atom. The van der Waals surface area contributed by atoms with Crippen LogP contribution in [0.4, 0.5) is 0 Å². The second-order valence-corrected chi connectivity index (χ2v) is 11.6. The van der Waals surface area contributed by atoms with E-state index in [1.165, 1.54) is 0 Å². The average Bonchev–Trinajstić information content (AvgIpc) is 3.36. The lowest BCUT2D eigenvalue weighted by atomic mass is 9.50. The molecule has 8 rings (SSSR count). The zero-order chi connectivity index (χ0) is 23.1. The van der Waals surface area contributed by atoms with Gasteiger partial charge in [0.15, 0.2) is 5.54 Å². The summed E-state index contributed by atoms with van der Waals surface area (Å²) < 4.78 is 6.17. The first kappa shape index (κ1) is 19.6. The number of H-pyrrole nitrogens is 1. The quantitative estimate of drug-likeness (QED) is 0.579. The van der Waals surface area contributed by atoms with Crippen molar-refractivity contribution in [3.8, 4) is 5.75 Å². The third-order valence-corrected chi connectivity index (χ3v) is 9.18. The first-order valence-corrected chi connectivity index (χ1v) is 11.9. The molecule has 1 aliphatic carbocycles. The average molecular weight is 448 g/mol. The predicted octanol–water partition coefficient (Wildman–Crippen LogP) is 2.93. The van der Waals surface area contributed by atoms with Gasteiger partial charge in [0.2, 0.25) is 5.91 Å². The second-order valence-electron chi connectivity index (χ2n) is 11.6. The van der Waals surface area contributed by atoms with Gasteiger partial charge in [0.1, 0.15) is 23.0 Å². The molecule has 2 bridgehead atoms. The van der Waals surface area contributed by atoms with Gasteiger partial charge in [-0.1, -0.05) is 13.8 Å². The number of hydrogen-bond acceptors (Lipinski definition) is 4. The molecule has 4 atom stereocenters. The van der Waals surface area contributed by atoms with Crippen molar-refractivity contribution in [2.75, 3.05) is 6.54 Å². The second kappa shape index (κ2) is 5.46. The van der Waals surface area contributed by atoms with Crippen LogP contribution in [0.1, 0.15) is 69.9 Å². The van der Waals surface area contributed by atoms with E-state index in [4.69, 9.17) is 4.74 Å². The highest BCUT2D eigenvalue weighted by Crippen LogP contribution is 2.62. The minimum Gasteiger partial charge on any atom is -0.483 e. The molecule has 4 fully saturated rings. The number of benzene rings is 1. The third kappa shape index (κ3) is 1.99. The van der Waals surface area contributed by atoms with E-state index in [-0.39, 0.29) is 23.3 Å². The van der Waals surface area contributed by atoms with E-state index in [0.29, 0.717) is 19.4 Å². The van der Waals surface area contributed by atoms with Crippen LogP contribution in [0.25, 0.3) is 17.0 Å². The van der Waals surface area contributed by atoms with Crippen LogP contribution < -0.4 is 10.1 Å². The smallest absolute Gasteiger partial charge is 0.252 e. The Balaban J connectivity index is 1.50. The molecule has 7 nitrogen and oxygen atoms in total. The van der Waals surface area contributed by atoms with Gasteiger partial charge in [0.25, 0.3) is 5.91 Å². The predicted molar refractivity (Wildman–Crippen MR) is 123 cm³/mol. The van der Waals surface area contributed by atoms with E-state index in [0.717, 1.165) is 39.9 Å². The topological polar surface area (TPSA) is 94.7 Å². The molecule has 172 valence electrons. The fourth-order valence-corrected chi connectivity index (χ4v) is 7.57. The summed E-state index contributed by atoms with van der Waals surface area (Å²) in [5, 5.41) is 15.9. The van der Waals surface area contributed by atoms with Gasteiger partial charge in [-0.2, -0.15) is 0 Å². The lowest BCUT2D eigenvalue weighted by Crippen LogP contribution is -2.85. The molecule has 2 aromatic rings. The molecule has 4 saturated heterocycles. The summed E-state index contributed by atoms with van der Waals surface area (Å²) in [5.41, 5.74) is 0.564. The van der Waals surface area contributed by atoms with E-state index in [9.17, 15) is 14.7 Å². The van der Waals surface area contributed by atoms with Crippen molar-refractivity contribution in [3.63, 3.8) is 0 Å². The van der Waals surface area contributed by atoms with Crippen molar-refractivity contribution in [2.24, 2.45) is 5.92 Å². The summed E-state index contributed by atoms with van der Waals surface area (Å²) in [6, 6.07) is 3.90. The van der Waals surface area contributed by atoms with Crippen molar-refractivity contribution in [2.45, 2.75) is 75.2 Å². The van der Waals surface area contributed by atoms with E-state index in [1.54, 1.807) is 4.90 Å². The van der Waals surface area contributed by atoms with Crippen molar-refractivity contribution in [1.82, 2.24) is 15.2 Å². The van der Waals surface area contributed by atoms with Gasteiger partial charge in [-0.25, -0.2) is 0 Å². The molecular formula is C26H29N3O4. The van der Waals surface area contributed by atoms with Gasteiger partial charge < -0.3 is 25.0 Å². The molecule has 5 aliphatic heterocycles. The highest BCUT2D eigenvalue weighted by Gasteiger charge is 2.75. The summed E-state index contributed by atoms with van der Waals surface area (Å²) >= 11 is 0. The first-order chi connectivity index (χ1) is 15.5. The van der Waals surface area contributed by atoms with Crippen LogP contribution in [-0.4, -0.2) is 50.0 Å². The number of amides is 2. The number of aromatic nitrogens is 1. The van der Waals surface area contributed by atoms with Crippen molar-refractivity contribution in [3.05, 3.63) is 35.0 Å². The number of carbonyl (C=O) groups excluding carboxylic acids is 2. The summed E-state index contributed by atoms with van der Waals surface area (Å²) in [5.74, 6) is 0.354. The number of rotatable bonds is 0. The Labute approximate surface area is 192 Å². The van der Waals surface area contributed by atoms with Gasteiger partial charge in [-0.3, -0.25) is 9.59 Å². The van der Waals surface area contributed by atoms with Crippen LogP contribution >= 0.6 is 0 Å². The monoisotopic (exact) mass is 447 g/mol. The van der Waals surface area contributed by atoms with Gasteiger partial charge >= 0.3 is 0 Å². The normalized spacial score (nSPS) is 36.7. The largest absolute Gasteiger partial charge is 0.483 e. The first-order valence-electron chi connectivity index (χ1n) is 11.9. The van der Waals surface area contributed by atoms with Crippen LogP contribution in [-0.2, 0) is 15.0 Å². The number of fused-ring (bicyclic) bond motifs is 6. The van der Waals surface area contributed by atoms with E-state index < -0.39 is 22.6 Å². The minimum atomic E-state index is -1.33. The van der Waals surface area contributed by atoms with Crippen LogP contribution in [0.5, 0.6) is 5.75 Å². The minimum absolute atomic E-state index is 0.107. The Morgan fingerprint density at radius 3 is 2.76 bits per heavy atom. The Hall–Kier alpha value is -2.80. The summed E-state index contributed by atoms with van der Waals surface area (Å²) in [6.45, 7) is 8.89. The fourth-order valence-electron chi connectivity index (χ4n) is 7.57. The van der Waals surface area contributed by atoms with Crippen LogP contribution in [0, 0.1) is 5.92 Å². The number of ether oxygens (including phenoxy) is 1. The molecule has 1 aromatic heterocycles. The number of aliphatic hydroxyl groups excluding tert-OH is 1. The van der Waals surface area contributed by atoms with Crippen LogP contribution in [0.2, 0.25) is 0 Å². The van der Waals surface area contributed by atoms with Crippen molar-refractivity contribution in [1.29, 1.82) is 0 Å². The molecule has 0 radical (unpaired) electrons. The number of hydrogen-bond donors (Lipinski definition) is 3. The zero-order valence-electron chi connectivity index (χ0n) is 19.4. The summed E-state index contributed by atoms with van der Waals surface area (Å²) in [6.07, 6.45) is 5.07. The number of nitrogens with one attached hydrogen (secondary N) is 2. The number of nitrogens with zero attached hydrogens (tertiary/aromatic N) is 1. The summed E-state index contributed by atoms with van der Waals surface area (Å²) in [4.78, 5) is 32.7. The lowest BCUT2D eigenvalue weighted by molar-refractivity contribution is -0.191. The van der Waals surface area contributed by atoms with E-state index in [2.05, 4.69) is 30.2 Å². The molecular weight excluding hydrogens is 418 g/mol. The molecule has 2 spiro atoms. The van der Waals surface area contributed by atoms with Crippen molar-refractivity contribution < 1.29 is 19.4 Å². The summed E-state index contributed by atoms with van der Waals surface area (Å²) in [7, 11) is 0. The standard InChI is InChI=1S/C26H29N3O4/c1-23(2)10-8-13-15(33-23)7-6-14-17-19(27-18(13)14)24(3,4)16-12-25-9-5-11-29(25)22(32)26(16,20(17)30)28-21(25)31/h6-8,10,16,20,27,30H,5,9,11-12H2,1-4H3,(H,28,31)/t16-,20-,25?,26+/m0/s1. The maximum absolute atomic E-state index is 13.9. The lowest BCUT2D eigenvalue weighted by Gasteiger charge is -2.65. The maximum Gasteiger partial charge on any atom is 0.252 e. The molecule has 1 aromatic carbocycles. The fraction of sp³-hybridized carbons (Fsp3) is 0.538. The van der Waals surface area contributed by atoms with E-state index >= 15 is 0 Å². The molecule has 3 N–H and O–H groups in total. The maximum atomic E-state index is 13.9. The van der Waals surface area contributed by atoms with Gasteiger partial charge in [-0.15, -0.1) is 0 Å². The molecule has 6 aliphatic rings. The number of aliphatic hydroxyl groups is 1. The SMILES string of the molecule is CC1(C)C=Cc2c(ccc3c4c([nH]c23)C(C)(C)[C@@H]2CC35CCCN3C(=O)[C@]2(NC5=O)[C@H]4O)O1. The Morgan fingerprint density at radius 1 is 1.18 bits per heavy atom. The molecule has 33 heavy (non-hydrogen) atoms. The van der Waals surface area contributed by atoms with Gasteiger partial charge in [-0.05, 0) is 57.4 Å². The zero-order valence-corrected chi connectivity index (χ0v) is 19.4. The number of carbonyl (C=O) groups is 2. The van der Waals surface area contributed by atoms with Gasteiger partial charge in [0.05, 0.1) is 5.52 Å². The van der Waals surface area contributed by atoms with Crippen LogP contribution in [0.3, 0.4) is 0 Å². The molecule has 1 unspecified atom stereocenters. The molecule has 7 heteroatoms. The van der Waals surface area contributed by atoms with Crippen LogP contribution in [0.15, 0.2) is 18.2 Å². The molecule has 6 heterocycles.